The first kappa shape index (κ1) is 9.86. The van der Waals surface area contributed by atoms with E-state index >= 15 is 0 Å². The predicted molar refractivity (Wildman–Crippen MR) is 51.9 cm³/mol. The van der Waals surface area contributed by atoms with Crippen molar-refractivity contribution in [2.75, 3.05) is 14.1 Å². The fraction of sp³-hybridized carbons (Fsp3) is 0.400. The molecule has 0 saturated carbocycles. The molecule has 0 saturated heterocycles. The molecule has 0 fully saturated rings. The Hall–Kier alpha value is -1.22. The zero-order valence-corrected chi connectivity index (χ0v) is 8.20. The van der Waals surface area contributed by atoms with E-state index in [1.165, 1.54) is 0 Å². The Bertz CT molecular complexity index is 308. The first-order valence-electron chi connectivity index (χ1n) is 4.17. The van der Waals surface area contributed by atoms with E-state index in [1.54, 1.807) is 19.1 Å². The molecule has 3 nitrogen and oxygen atoms in total. The van der Waals surface area contributed by atoms with Crippen LogP contribution >= 0.6 is 0 Å². The molecule has 1 aromatic carbocycles. The number of benzene rings is 1. The van der Waals surface area contributed by atoms with E-state index in [4.69, 9.17) is 0 Å². The van der Waals surface area contributed by atoms with Crippen LogP contribution in [0, 0.1) is 6.92 Å². The molecule has 0 aliphatic heterocycles. The Balaban J connectivity index is 3.04. The van der Waals surface area contributed by atoms with Gasteiger partial charge in [0.15, 0.2) is 0 Å². The third-order valence-corrected chi connectivity index (χ3v) is 1.97. The number of rotatable bonds is 2. The predicted octanol–water partition coefficient (Wildman–Crippen LogP) is 1.47. The van der Waals surface area contributed by atoms with Gasteiger partial charge in [-0.25, -0.2) is 0 Å². The van der Waals surface area contributed by atoms with Gasteiger partial charge in [-0.1, -0.05) is 6.07 Å². The van der Waals surface area contributed by atoms with Crippen molar-refractivity contribution in [3.63, 3.8) is 0 Å². The minimum Gasteiger partial charge on any atom is -0.508 e. The summed E-state index contributed by atoms with van der Waals surface area (Å²) in [6, 6.07) is 3.34. The normalized spacial score (nSPS) is 10.8. The van der Waals surface area contributed by atoms with Crippen LogP contribution < -0.4 is 0 Å². The second-order valence-electron chi connectivity index (χ2n) is 3.46. The van der Waals surface area contributed by atoms with E-state index in [-0.39, 0.29) is 11.5 Å². The summed E-state index contributed by atoms with van der Waals surface area (Å²) in [4.78, 5) is 1.96. The quantitative estimate of drug-likeness (QED) is 0.726. The smallest absolute Gasteiger partial charge is 0.126 e. The van der Waals surface area contributed by atoms with Crippen LogP contribution in [0.3, 0.4) is 0 Å². The van der Waals surface area contributed by atoms with Gasteiger partial charge in [-0.05, 0) is 27.1 Å². The van der Waals surface area contributed by atoms with Crippen molar-refractivity contribution in [1.82, 2.24) is 4.90 Å². The molecular weight excluding hydrogens is 166 g/mol. The zero-order chi connectivity index (χ0) is 10.0. The molecule has 0 heterocycles. The Morgan fingerprint density at radius 2 is 1.85 bits per heavy atom. The number of aromatic hydroxyl groups is 2. The Morgan fingerprint density at radius 3 is 2.38 bits per heavy atom. The van der Waals surface area contributed by atoms with Crippen LogP contribution in [0.1, 0.15) is 11.1 Å². The lowest BCUT2D eigenvalue weighted by Crippen LogP contribution is -2.10. The highest BCUT2D eigenvalue weighted by Crippen LogP contribution is 2.29. The summed E-state index contributed by atoms with van der Waals surface area (Å²) in [6.45, 7) is 2.37. The molecule has 0 radical (unpaired) electrons. The molecule has 0 aromatic heterocycles. The van der Waals surface area contributed by atoms with Gasteiger partial charge < -0.3 is 15.1 Å². The van der Waals surface area contributed by atoms with Crippen LogP contribution in [0.15, 0.2) is 12.1 Å². The number of hydrogen-bond acceptors (Lipinski definition) is 3. The molecule has 13 heavy (non-hydrogen) atoms. The lowest BCUT2D eigenvalue weighted by molar-refractivity contribution is 0.381. The van der Waals surface area contributed by atoms with Crippen molar-refractivity contribution >= 4 is 0 Å². The van der Waals surface area contributed by atoms with E-state index in [0.29, 0.717) is 12.1 Å². The highest BCUT2D eigenvalue weighted by atomic mass is 16.3. The van der Waals surface area contributed by atoms with Crippen molar-refractivity contribution in [3.05, 3.63) is 23.3 Å². The first-order valence-corrected chi connectivity index (χ1v) is 4.17. The molecule has 0 atom stereocenters. The summed E-state index contributed by atoms with van der Waals surface area (Å²) in [5, 5.41) is 18.9. The molecular formula is C10H15NO2. The standard InChI is InChI=1S/C10H15NO2/c1-7-9(12)5-4-8(10(7)13)6-11(2)3/h4-5,12-13H,6H2,1-3H3. The van der Waals surface area contributed by atoms with Gasteiger partial charge in [-0.3, -0.25) is 0 Å². The minimum absolute atomic E-state index is 0.139. The molecule has 0 aliphatic rings. The summed E-state index contributed by atoms with van der Waals surface area (Å²) in [6.07, 6.45) is 0. The maximum absolute atomic E-state index is 9.64. The number of hydrogen-bond donors (Lipinski definition) is 2. The van der Waals surface area contributed by atoms with Crippen LogP contribution in [-0.4, -0.2) is 29.2 Å². The molecule has 0 amide bonds. The van der Waals surface area contributed by atoms with Gasteiger partial charge in [-0.2, -0.15) is 0 Å². The summed E-state index contributed by atoms with van der Waals surface area (Å²) < 4.78 is 0. The summed E-state index contributed by atoms with van der Waals surface area (Å²) in [5.41, 5.74) is 1.37. The molecule has 1 rings (SSSR count). The molecule has 1 aromatic rings. The fourth-order valence-electron chi connectivity index (χ4n) is 1.21. The van der Waals surface area contributed by atoms with Crippen molar-refractivity contribution in [2.24, 2.45) is 0 Å². The maximum Gasteiger partial charge on any atom is 0.126 e. The van der Waals surface area contributed by atoms with E-state index in [9.17, 15) is 10.2 Å². The second-order valence-corrected chi connectivity index (χ2v) is 3.46. The fourth-order valence-corrected chi connectivity index (χ4v) is 1.21. The van der Waals surface area contributed by atoms with Crippen LogP contribution in [0.5, 0.6) is 11.5 Å². The van der Waals surface area contributed by atoms with Crippen molar-refractivity contribution in [3.8, 4) is 11.5 Å². The van der Waals surface area contributed by atoms with E-state index in [0.717, 1.165) is 5.56 Å². The molecule has 0 aliphatic carbocycles. The average molecular weight is 181 g/mol. The van der Waals surface area contributed by atoms with Crippen molar-refractivity contribution < 1.29 is 10.2 Å². The Morgan fingerprint density at radius 1 is 1.23 bits per heavy atom. The molecule has 0 unspecified atom stereocenters. The number of phenols is 2. The SMILES string of the molecule is Cc1c(O)ccc(CN(C)C)c1O. The van der Waals surface area contributed by atoms with Gasteiger partial charge in [0.25, 0.3) is 0 Å². The molecule has 2 N–H and O–H groups in total. The van der Waals surface area contributed by atoms with E-state index in [2.05, 4.69) is 0 Å². The Labute approximate surface area is 78.2 Å². The van der Waals surface area contributed by atoms with Crippen LogP contribution in [0.25, 0.3) is 0 Å². The zero-order valence-electron chi connectivity index (χ0n) is 8.20. The summed E-state index contributed by atoms with van der Waals surface area (Å²) in [7, 11) is 3.86. The van der Waals surface area contributed by atoms with Crippen LogP contribution in [0.2, 0.25) is 0 Å². The van der Waals surface area contributed by atoms with Gasteiger partial charge in [0, 0.05) is 17.7 Å². The number of nitrogens with zero attached hydrogens (tertiary/aromatic N) is 1. The summed E-state index contributed by atoms with van der Waals surface area (Å²) >= 11 is 0. The van der Waals surface area contributed by atoms with Gasteiger partial charge in [0.05, 0.1) is 0 Å². The third-order valence-electron chi connectivity index (χ3n) is 1.97. The second kappa shape index (κ2) is 3.66. The lowest BCUT2D eigenvalue weighted by Gasteiger charge is -2.13. The third kappa shape index (κ3) is 2.12. The van der Waals surface area contributed by atoms with Crippen molar-refractivity contribution in [1.29, 1.82) is 0 Å². The minimum atomic E-state index is 0.139. The number of phenolic OH excluding ortho intramolecular Hbond substituents is 2. The largest absolute Gasteiger partial charge is 0.508 e. The van der Waals surface area contributed by atoms with Gasteiger partial charge in [0.2, 0.25) is 0 Å². The monoisotopic (exact) mass is 181 g/mol. The first-order chi connectivity index (χ1) is 6.02. The lowest BCUT2D eigenvalue weighted by atomic mass is 10.1. The summed E-state index contributed by atoms with van der Waals surface area (Å²) in [5.74, 6) is 0.328. The van der Waals surface area contributed by atoms with Gasteiger partial charge in [0.1, 0.15) is 11.5 Å². The van der Waals surface area contributed by atoms with Crippen LogP contribution in [0.4, 0.5) is 0 Å². The van der Waals surface area contributed by atoms with E-state index in [1.807, 2.05) is 19.0 Å². The highest BCUT2D eigenvalue weighted by molar-refractivity contribution is 5.47. The van der Waals surface area contributed by atoms with Gasteiger partial charge >= 0.3 is 0 Å². The molecule has 0 spiro atoms. The van der Waals surface area contributed by atoms with Crippen molar-refractivity contribution in [2.45, 2.75) is 13.5 Å². The van der Waals surface area contributed by atoms with Gasteiger partial charge in [-0.15, -0.1) is 0 Å². The molecule has 3 heteroatoms. The highest BCUT2D eigenvalue weighted by Gasteiger charge is 2.08. The maximum atomic E-state index is 9.64. The van der Waals surface area contributed by atoms with E-state index < -0.39 is 0 Å². The van der Waals surface area contributed by atoms with Crippen LogP contribution in [-0.2, 0) is 6.54 Å². The topological polar surface area (TPSA) is 43.7 Å². The Kier molecular flexibility index (Phi) is 2.78. The molecule has 0 bridgehead atoms. The molecule has 72 valence electrons. The average Bonchev–Trinajstić information content (AvgIpc) is 2.06.